The Morgan fingerprint density at radius 2 is 2.11 bits per heavy atom. The maximum absolute atomic E-state index is 12.4. The zero-order chi connectivity index (χ0) is 19.4. The number of carbonyl (C=O) groups excluding carboxylic acids is 1. The summed E-state index contributed by atoms with van der Waals surface area (Å²) < 4.78 is 0.716. The van der Waals surface area contributed by atoms with E-state index >= 15 is 0 Å². The van der Waals surface area contributed by atoms with Crippen molar-refractivity contribution in [2.24, 2.45) is 0 Å². The minimum absolute atomic E-state index is 0.128. The van der Waals surface area contributed by atoms with Crippen LogP contribution >= 0.6 is 34.9 Å². The fourth-order valence-corrected chi connectivity index (χ4v) is 4.38. The largest absolute Gasteiger partial charge is 0.321 e. The molecule has 7 nitrogen and oxygen atoms in total. The van der Waals surface area contributed by atoms with E-state index in [-0.39, 0.29) is 11.3 Å². The highest BCUT2D eigenvalue weighted by Crippen LogP contribution is 2.36. The lowest BCUT2D eigenvalue weighted by molar-refractivity contribution is -0.387. The Kier molecular flexibility index (Phi) is 6.09. The molecule has 0 fully saturated rings. The van der Waals surface area contributed by atoms with E-state index in [1.807, 2.05) is 18.6 Å². The van der Waals surface area contributed by atoms with Gasteiger partial charge in [0.15, 0.2) is 4.34 Å². The van der Waals surface area contributed by atoms with Gasteiger partial charge < -0.3 is 5.32 Å². The van der Waals surface area contributed by atoms with Crippen molar-refractivity contribution in [3.8, 4) is 0 Å². The number of amides is 1. The number of carbonyl (C=O) groups is 1. The van der Waals surface area contributed by atoms with Gasteiger partial charge in [-0.2, -0.15) is 0 Å². The Morgan fingerprint density at radius 1 is 1.30 bits per heavy atom. The molecule has 1 aromatic carbocycles. The molecule has 0 bridgehead atoms. The number of benzene rings is 1. The topological polar surface area (TPSA) is 98.0 Å². The number of nitro groups is 1. The summed E-state index contributed by atoms with van der Waals surface area (Å²) in [5.41, 5.74) is 1.46. The van der Waals surface area contributed by atoms with Gasteiger partial charge in [-0.05, 0) is 37.4 Å². The lowest BCUT2D eigenvalue weighted by Crippen LogP contribution is -2.12. The maximum atomic E-state index is 12.4. The van der Waals surface area contributed by atoms with Crippen LogP contribution in [0.5, 0.6) is 0 Å². The molecule has 1 N–H and O–H groups in total. The van der Waals surface area contributed by atoms with Gasteiger partial charge in [-0.15, -0.1) is 23.1 Å². The maximum Gasteiger partial charge on any atom is 0.284 e. The molecule has 0 radical (unpaired) electrons. The first-order chi connectivity index (χ1) is 13.0. The van der Waals surface area contributed by atoms with Gasteiger partial charge >= 0.3 is 0 Å². The van der Waals surface area contributed by atoms with Crippen LogP contribution in [0.25, 0.3) is 0 Å². The van der Waals surface area contributed by atoms with Gasteiger partial charge in [0, 0.05) is 22.7 Å². The minimum atomic E-state index is -0.492. The van der Waals surface area contributed by atoms with Gasteiger partial charge in [0.1, 0.15) is 0 Å². The first kappa shape index (κ1) is 19.3. The van der Waals surface area contributed by atoms with Crippen molar-refractivity contribution >= 4 is 52.1 Å². The van der Waals surface area contributed by atoms with Crippen LogP contribution in [-0.4, -0.2) is 27.1 Å². The lowest BCUT2D eigenvalue weighted by Gasteiger charge is -2.07. The number of pyridine rings is 1. The molecule has 138 valence electrons. The molecule has 0 unspecified atom stereocenters. The summed E-state index contributed by atoms with van der Waals surface area (Å²) >= 11 is 4.13. The summed E-state index contributed by atoms with van der Waals surface area (Å²) in [7, 11) is 0. The number of rotatable bonds is 6. The third-order valence-corrected chi connectivity index (χ3v) is 6.20. The molecule has 27 heavy (non-hydrogen) atoms. The first-order valence-corrected chi connectivity index (χ1v) is 10.6. The third kappa shape index (κ3) is 4.85. The molecule has 1 amide bonds. The normalized spacial score (nSPS) is 10.6. The highest BCUT2D eigenvalue weighted by molar-refractivity contribution is 8.01. The predicted molar refractivity (Wildman–Crippen MR) is 108 cm³/mol. The van der Waals surface area contributed by atoms with E-state index < -0.39 is 10.8 Å². The van der Waals surface area contributed by atoms with E-state index in [1.165, 1.54) is 40.9 Å². The molecule has 0 spiro atoms. The molecule has 2 heterocycles. The second-order valence-corrected chi connectivity index (χ2v) is 8.31. The van der Waals surface area contributed by atoms with Gasteiger partial charge in [-0.25, -0.2) is 9.97 Å². The molecular weight excluding hydrogens is 404 g/mol. The molecule has 10 heteroatoms. The van der Waals surface area contributed by atoms with Gasteiger partial charge in [-0.3, -0.25) is 14.9 Å². The Morgan fingerprint density at radius 3 is 2.70 bits per heavy atom. The number of nitrogens with zero attached hydrogens (tertiary/aromatic N) is 3. The number of anilines is 1. The third-order valence-electron chi connectivity index (χ3n) is 3.42. The van der Waals surface area contributed by atoms with Crippen molar-refractivity contribution < 1.29 is 9.72 Å². The van der Waals surface area contributed by atoms with Crippen LogP contribution in [0.3, 0.4) is 0 Å². The van der Waals surface area contributed by atoms with Gasteiger partial charge in [0.05, 0.1) is 26.7 Å². The molecule has 0 saturated carbocycles. The molecule has 3 rings (SSSR count). The number of aromatic nitrogens is 2. The first-order valence-electron chi connectivity index (χ1n) is 7.66. The van der Waals surface area contributed by atoms with Gasteiger partial charge in [0.2, 0.25) is 0 Å². The van der Waals surface area contributed by atoms with E-state index in [0.717, 1.165) is 10.7 Å². The number of thioether (sulfide) groups is 1. The standard InChI is InChI=1S/C17H14N4O3S3/c1-10-9-26-17(19-10)27-14-5-3-11(7-13(14)21(23)24)16(22)20-12-4-6-15(25-2)18-8-12/h3-9H,1-2H3,(H,20,22). The van der Waals surface area contributed by atoms with Crippen molar-refractivity contribution in [1.82, 2.24) is 9.97 Å². The second kappa shape index (κ2) is 8.51. The summed E-state index contributed by atoms with van der Waals surface area (Å²) in [4.78, 5) is 32.3. The highest BCUT2D eigenvalue weighted by Gasteiger charge is 2.19. The van der Waals surface area contributed by atoms with Crippen molar-refractivity contribution in [2.75, 3.05) is 11.6 Å². The highest BCUT2D eigenvalue weighted by atomic mass is 32.2. The van der Waals surface area contributed by atoms with Gasteiger partial charge in [0.25, 0.3) is 11.6 Å². The van der Waals surface area contributed by atoms with Crippen molar-refractivity contribution in [3.05, 3.63) is 63.3 Å². The van der Waals surface area contributed by atoms with E-state index in [4.69, 9.17) is 0 Å². The number of hydrogen-bond donors (Lipinski definition) is 1. The average molecular weight is 419 g/mol. The van der Waals surface area contributed by atoms with Crippen molar-refractivity contribution in [1.29, 1.82) is 0 Å². The Balaban J connectivity index is 1.81. The van der Waals surface area contributed by atoms with Gasteiger partial charge in [-0.1, -0.05) is 11.8 Å². The van der Waals surface area contributed by atoms with Crippen LogP contribution in [0.15, 0.2) is 56.2 Å². The Labute approximate surface area is 167 Å². The number of aryl methyl sites for hydroxylation is 1. The molecule has 0 saturated heterocycles. The van der Waals surface area contributed by atoms with Crippen LogP contribution in [-0.2, 0) is 0 Å². The van der Waals surface area contributed by atoms with Crippen molar-refractivity contribution in [3.63, 3.8) is 0 Å². The number of hydrogen-bond acceptors (Lipinski definition) is 8. The predicted octanol–water partition coefficient (Wildman–Crippen LogP) is 4.88. The molecule has 0 aliphatic heterocycles. The molecule has 2 aromatic heterocycles. The zero-order valence-electron chi connectivity index (χ0n) is 14.3. The molecule has 3 aromatic rings. The second-order valence-electron chi connectivity index (χ2n) is 5.34. The van der Waals surface area contributed by atoms with E-state index in [0.29, 0.717) is 14.9 Å². The van der Waals surface area contributed by atoms with Crippen LogP contribution in [0, 0.1) is 17.0 Å². The smallest absolute Gasteiger partial charge is 0.284 e. The van der Waals surface area contributed by atoms with Crippen LogP contribution < -0.4 is 5.32 Å². The number of nitro benzene ring substituents is 1. The molecule has 0 atom stereocenters. The van der Waals surface area contributed by atoms with E-state index in [9.17, 15) is 14.9 Å². The zero-order valence-corrected chi connectivity index (χ0v) is 16.8. The Bertz CT molecular complexity index is 989. The molecule has 0 aliphatic carbocycles. The van der Waals surface area contributed by atoms with Crippen LogP contribution in [0.4, 0.5) is 11.4 Å². The minimum Gasteiger partial charge on any atom is -0.321 e. The average Bonchev–Trinajstić information content (AvgIpc) is 3.07. The summed E-state index contributed by atoms with van der Waals surface area (Å²) in [6.07, 6.45) is 3.46. The SMILES string of the molecule is CSc1ccc(NC(=O)c2ccc(Sc3nc(C)cs3)c([N+](=O)[O-])c2)cn1. The van der Waals surface area contributed by atoms with Crippen molar-refractivity contribution in [2.45, 2.75) is 21.2 Å². The lowest BCUT2D eigenvalue weighted by atomic mass is 10.2. The monoisotopic (exact) mass is 418 g/mol. The van der Waals surface area contributed by atoms with Crippen LogP contribution in [0.2, 0.25) is 0 Å². The quantitative estimate of drug-likeness (QED) is 0.346. The van der Waals surface area contributed by atoms with E-state index in [1.54, 1.807) is 30.5 Å². The summed E-state index contributed by atoms with van der Waals surface area (Å²) in [6, 6.07) is 7.94. The summed E-state index contributed by atoms with van der Waals surface area (Å²) in [5, 5.41) is 16.9. The Hall–Kier alpha value is -2.43. The van der Waals surface area contributed by atoms with E-state index in [2.05, 4.69) is 15.3 Å². The fraction of sp³-hybridized carbons (Fsp3) is 0.118. The number of nitrogens with one attached hydrogen (secondary N) is 1. The molecular formula is C17H14N4O3S3. The van der Waals surface area contributed by atoms with Crippen LogP contribution in [0.1, 0.15) is 16.1 Å². The fourth-order valence-electron chi connectivity index (χ4n) is 2.14. The molecule has 0 aliphatic rings. The summed E-state index contributed by atoms with van der Waals surface area (Å²) in [5.74, 6) is -0.432. The summed E-state index contributed by atoms with van der Waals surface area (Å²) in [6.45, 7) is 1.86. The number of thiazole rings is 1.